The number of carbonyl (C=O) groups excluding carboxylic acids is 1. The maximum Gasteiger partial charge on any atom is 0.285 e. The van der Waals surface area contributed by atoms with Crippen LogP contribution in [0.15, 0.2) is 34.2 Å². The molecular weight excluding hydrogens is 274 g/mol. The molecule has 0 spiro atoms. The molecule has 0 radical (unpaired) electrons. The van der Waals surface area contributed by atoms with Crippen molar-refractivity contribution in [3.8, 4) is 0 Å². The Hall–Kier alpha value is -0.710. The standard InChI is InChI=1S/C12H10ClNOS2/c1-7(8-3-5-9(13)6-4-8)10-11(15)14-12(16-2)17-10/h3-6H,1-2H3/b10-7-. The summed E-state index contributed by atoms with van der Waals surface area (Å²) in [7, 11) is 0. The van der Waals surface area contributed by atoms with Crippen LogP contribution in [0.4, 0.5) is 0 Å². The molecule has 0 unspecified atom stereocenters. The summed E-state index contributed by atoms with van der Waals surface area (Å²) in [6.07, 6.45) is 1.92. The summed E-state index contributed by atoms with van der Waals surface area (Å²) in [5, 5.41) is 0.693. The fourth-order valence-electron chi connectivity index (χ4n) is 1.44. The molecule has 1 heterocycles. The highest BCUT2D eigenvalue weighted by Gasteiger charge is 2.23. The second kappa shape index (κ2) is 5.29. The molecule has 2 nitrogen and oxygen atoms in total. The third-order valence-corrected chi connectivity index (χ3v) is 4.76. The van der Waals surface area contributed by atoms with Crippen LogP contribution in [0.25, 0.3) is 5.57 Å². The number of thioether (sulfide) groups is 2. The van der Waals surface area contributed by atoms with Crippen LogP contribution >= 0.6 is 35.1 Å². The lowest BCUT2D eigenvalue weighted by Crippen LogP contribution is -1.92. The van der Waals surface area contributed by atoms with Crippen LogP contribution in [0.5, 0.6) is 0 Å². The van der Waals surface area contributed by atoms with Gasteiger partial charge < -0.3 is 0 Å². The maximum atomic E-state index is 11.7. The molecule has 1 aromatic rings. The van der Waals surface area contributed by atoms with Crippen molar-refractivity contribution in [3.05, 3.63) is 39.8 Å². The van der Waals surface area contributed by atoms with Crippen LogP contribution in [0.3, 0.4) is 0 Å². The number of nitrogens with zero attached hydrogens (tertiary/aromatic N) is 1. The topological polar surface area (TPSA) is 29.4 Å². The number of hydrogen-bond donors (Lipinski definition) is 0. The molecule has 1 aliphatic rings. The molecule has 0 fully saturated rings. The Morgan fingerprint density at radius 1 is 1.35 bits per heavy atom. The second-order valence-electron chi connectivity index (χ2n) is 3.45. The minimum Gasteiger partial charge on any atom is -0.266 e. The Bertz CT molecular complexity index is 520. The zero-order chi connectivity index (χ0) is 12.4. The van der Waals surface area contributed by atoms with Crippen LogP contribution in [0, 0.1) is 0 Å². The zero-order valence-electron chi connectivity index (χ0n) is 9.36. The Morgan fingerprint density at radius 2 is 2.00 bits per heavy atom. The van der Waals surface area contributed by atoms with Crippen LogP contribution in [0.2, 0.25) is 5.02 Å². The van der Waals surface area contributed by atoms with E-state index in [-0.39, 0.29) is 5.91 Å². The lowest BCUT2D eigenvalue weighted by Gasteiger charge is -2.04. The van der Waals surface area contributed by atoms with Gasteiger partial charge in [0, 0.05) is 5.02 Å². The first-order valence-corrected chi connectivity index (χ1v) is 7.35. The third-order valence-electron chi connectivity index (χ3n) is 2.37. The maximum absolute atomic E-state index is 11.7. The van der Waals surface area contributed by atoms with Crippen LogP contribution in [0.1, 0.15) is 12.5 Å². The van der Waals surface area contributed by atoms with E-state index in [1.165, 1.54) is 23.5 Å². The molecule has 1 aliphatic heterocycles. The first kappa shape index (κ1) is 12.7. The molecule has 1 aromatic carbocycles. The van der Waals surface area contributed by atoms with Crippen molar-refractivity contribution in [2.24, 2.45) is 4.99 Å². The minimum absolute atomic E-state index is 0.146. The molecule has 0 saturated heterocycles. The summed E-state index contributed by atoms with van der Waals surface area (Å²) in [4.78, 5) is 16.4. The first-order valence-electron chi connectivity index (χ1n) is 4.93. The van der Waals surface area contributed by atoms with Crippen molar-refractivity contribution in [1.29, 1.82) is 0 Å². The molecule has 0 bridgehead atoms. The highest BCUT2D eigenvalue weighted by atomic mass is 35.5. The highest BCUT2D eigenvalue weighted by Crippen LogP contribution is 2.36. The number of carbonyl (C=O) groups is 1. The predicted octanol–water partition coefficient (Wildman–Crippen LogP) is 4.06. The molecular formula is C12H10ClNOS2. The number of aliphatic imine (C=N–C) groups is 1. The second-order valence-corrected chi connectivity index (χ2v) is 5.94. The number of halogens is 1. The Labute approximate surface area is 114 Å². The van der Waals surface area contributed by atoms with E-state index in [4.69, 9.17) is 11.6 Å². The summed E-state index contributed by atoms with van der Waals surface area (Å²) in [5.74, 6) is -0.146. The van der Waals surface area contributed by atoms with E-state index in [0.29, 0.717) is 9.93 Å². The van der Waals surface area contributed by atoms with Crippen molar-refractivity contribution in [1.82, 2.24) is 0 Å². The molecule has 17 heavy (non-hydrogen) atoms. The zero-order valence-corrected chi connectivity index (χ0v) is 11.7. The number of benzene rings is 1. The number of amides is 1. The van der Waals surface area contributed by atoms with Gasteiger partial charge in [0.1, 0.15) is 4.38 Å². The quantitative estimate of drug-likeness (QED) is 0.728. The van der Waals surface area contributed by atoms with Crippen LogP contribution in [-0.4, -0.2) is 16.5 Å². The molecule has 88 valence electrons. The van der Waals surface area contributed by atoms with Gasteiger partial charge in [-0.05, 0) is 36.4 Å². The highest BCUT2D eigenvalue weighted by molar-refractivity contribution is 8.41. The summed E-state index contributed by atoms with van der Waals surface area (Å²) in [6, 6.07) is 7.47. The van der Waals surface area contributed by atoms with Gasteiger partial charge in [0.2, 0.25) is 0 Å². The smallest absolute Gasteiger partial charge is 0.266 e. The monoisotopic (exact) mass is 283 g/mol. The normalized spacial score (nSPS) is 18.3. The number of hydrogen-bond acceptors (Lipinski definition) is 3. The van der Waals surface area contributed by atoms with Gasteiger partial charge in [-0.3, -0.25) is 4.79 Å². The van der Waals surface area contributed by atoms with Gasteiger partial charge in [-0.2, -0.15) is 4.99 Å². The van der Waals surface area contributed by atoms with Gasteiger partial charge in [0.15, 0.2) is 0 Å². The van der Waals surface area contributed by atoms with E-state index >= 15 is 0 Å². The molecule has 0 aromatic heterocycles. The van der Waals surface area contributed by atoms with Gasteiger partial charge in [-0.1, -0.05) is 35.5 Å². The van der Waals surface area contributed by atoms with Gasteiger partial charge in [0.25, 0.3) is 5.91 Å². The van der Waals surface area contributed by atoms with Gasteiger partial charge >= 0.3 is 0 Å². The van der Waals surface area contributed by atoms with Crippen molar-refractivity contribution >= 4 is 51.0 Å². The molecule has 0 saturated carbocycles. The minimum atomic E-state index is -0.146. The van der Waals surface area contributed by atoms with Crippen LogP contribution in [-0.2, 0) is 4.79 Å². The molecule has 1 amide bonds. The number of rotatable bonds is 1. The van der Waals surface area contributed by atoms with E-state index < -0.39 is 0 Å². The van der Waals surface area contributed by atoms with Gasteiger partial charge in [0.05, 0.1) is 4.91 Å². The summed E-state index contributed by atoms with van der Waals surface area (Å²) >= 11 is 8.76. The summed E-state index contributed by atoms with van der Waals surface area (Å²) < 4.78 is 0.804. The van der Waals surface area contributed by atoms with E-state index in [2.05, 4.69) is 4.99 Å². The largest absolute Gasteiger partial charge is 0.285 e. The first-order chi connectivity index (χ1) is 8.11. The van der Waals surface area contributed by atoms with E-state index in [1.807, 2.05) is 37.4 Å². The SMILES string of the molecule is CSC1=NC(=O)/C(=C(\C)c2ccc(Cl)cc2)S1. The Balaban J connectivity index is 2.34. The lowest BCUT2D eigenvalue weighted by atomic mass is 10.1. The van der Waals surface area contributed by atoms with E-state index in [9.17, 15) is 4.79 Å². The van der Waals surface area contributed by atoms with E-state index in [1.54, 1.807) is 0 Å². The van der Waals surface area contributed by atoms with E-state index in [0.717, 1.165) is 15.5 Å². The Kier molecular flexibility index (Phi) is 3.97. The van der Waals surface area contributed by atoms with Crippen molar-refractivity contribution in [3.63, 3.8) is 0 Å². The van der Waals surface area contributed by atoms with Gasteiger partial charge in [-0.15, -0.1) is 11.8 Å². The third kappa shape index (κ3) is 2.76. The average molecular weight is 284 g/mol. The predicted molar refractivity (Wildman–Crippen MR) is 77.6 cm³/mol. The molecule has 5 heteroatoms. The van der Waals surface area contributed by atoms with Crippen molar-refractivity contribution in [2.45, 2.75) is 6.92 Å². The lowest BCUT2D eigenvalue weighted by molar-refractivity contribution is -0.113. The Morgan fingerprint density at radius 3 is 2.53 bits per heavy atom. The fraction of sp³-hybridized carbons (Fsp3) is 0.167. The molecule has 0 atom stereocenters. The van der Waals surface area contributed by atoms with Crippen LogP contribution < -0.4 is 0 Å². The number of allylic oxidation sites excluding steroid dienone is 1. The van der Waals surface area contributed by atoms with Crippen molar-refractivity contribution in [2.75, 3.05) is 6.26 Å². The average Bonchev–Trinajstić information content (AvgIpc) is 2.71. The molecule has 0 aliphatic carbocycles. The fourth-order valence-corrected chi connectivity index (χ4v) is 3.03. The summed E-state index contributed by atoms with van der Waals surface area (Å²) in [6.45, 7) is 1.93. The molecule has 2 rings (SSSR count). The van der Waals surface area contributed by atoms with Gasteiger partial charge in [-0.25, -0.2) is 0 Å². The summed E-state index contributed by atoms with van der Waals surface area (Å²) in [5.41, 5.74) is 1.95. The molecule has 0 N–H and O–H groups in total. The van der Waals surface area contributed by atoms with Crippen molar-refractivity contribution < 1.29 is 4.79 Å².